The number of primary amides is 1. The van der Waals surface area contributed by atoms with Crippen molar-refractivity contribution < 1.29 is 4.79 Å². The van der Waals surface area contributed by atoms with Crippen LogP contribution in [0, 0.1) is 11.3 Å². The third kappa shape index (κ3) is 8.38. The van der Waals surface area contributed by atoms with Crippen LogP contribution in [0.3, 0.4) is 0 Å². The van der Waals surface area contributed by atoms with E-state index in [1.807, 2.05) is 6.92 Å². The molecular weight excluding hydrogens is 439 g/mol. The fourth-order valence-electron chi connectivity index (χ4n) is 2.38. The number of rotatable bonds is 8. The van der Waals surface area contributed by atoms with E-state index in [9.17, 15) is 4.79 Å². The molecule has 5 nitrogen and oxygen atoms in total. The molecule has 0 saturated heterocycles. The molecule has 26 heavy (non-hydrogen) atoms. The molecule has 148 valence electrons. The standard InChI is InChI=1S/C20H34N4O.HI/c1-7-22-19(23-13-20(5,6)18(21)25)24-15(4)17-10-8-16(9-11-17)12-14(2)3;/h8-11,14-15H,7,12-13H2,1-6H3,(H2,21,25)(H2,22,23,24);1H. The van der Waals surface area contributed by atoms with E-state index in [-0.39, 0.29) is 35.9 Å². The number of carbonyl (C=O) groups is 1. The average molecular weight is 474 g/mol. The normalized spacial score (nSPS) is 13.1. The van der Waals surface area contributed by atoms with Crippen molar-refractivity contribution in [2.24, 2.45) is 22.1 Å². The van der Waals surface area contributed by atoms with Crippen molar-refractivity contribution in [2.75, 3.05) is 13.1 Å². The summed E-state index contributed by atoms with van der Waals surface area (Å²) >= 11 is 0. The van der Waals surface area contributed by atoms with Crippen molar-refractivity contribution in [1.82, 2.24) is 10.6 Å². The van der Waals surface area contributed by atoms with Gasteiger partial charge in [-0.2, -0.15) is 0 Å². The quantitative estimate of drug-likeness (QED) is 0.306. The Kier molecular flexibility index (Phi) is 10.8. The summed E-state index contributed by atoms with van der Waals surface area (Å²) in [5.74, 6) is 0.999. The zero-order valence-electron chi connectivity index (χ0n) is 16.9. The maximum absolute atomic E-state index is 11.5. The van der Waals surface area contributed by atoms with Crippen molar-refractivity contribution in [1.29, 1.82) is 0 Å². The second kappa shape index (κ2) is 11.4. The van der Waals surface area contributed by atoms with E-state index in [1.165, 1.54) is 11.1 Å². The Morgan fingerprint density at radius 2 is 1.77 bits per heavy atom. The first-order valence-corrected chi connectivity index (χ1v) is 9.09. The number of hydrogen-bond acceptors (Lipinski definition) is 2. The minimum absolute atomic E-state index is 0. The Hall–Kier alpha value is -1.31. The minimum atomic E-state index is -0.663. The molecule has 0 radical (unpaired) electrons. The molecule has 0 heterocycles. The van der Waals surface area contributed by atoms with Crippen molar-refractivity contribution >= 4 is 35.8 Å². The number of amides is 1. The molecule has 0 aliphatic rings. The van der Waals surface area contributed by atoms with Gasteiger partial charge in [0.15, 0.2) is 5.96 Å². The van der Waals surface area contributed by atoms with Gasteiger partial charge in [0, 0.05) is 6.54 Å². The minimum Gasteiger partial charge on any atom is -0.369 e. The molecule has 1 unspecified atom stereocenters. The van der Waals surface area contributed by atoms with Gasteiger partial charge in [-0.15, -0.1) is 24.0 Å². The second-order valence-electron chi connectivity index (χ2n) is 7.65. The van der Waals surface area contributed by atoms with Crippen LogP contribution in [0.5, 0.6) is 0 Å². The zero-order chi connectivity index (χ0) is 19.0. The first kappa shape index (κ1) is 24.7. The summed E-state index contributed by atoms with van der Waals surface area (Å²) in [6.07, 6.45) is 1.09. The summed E-state index contributed by atoms with van der Waals surface area (Å²) in [7, 11) is 0. The summed E-state index contributed by atoms with van der Waals surface area (Å²) < 4.78 is 0. The van der Waals surface area contributed by atoms with E-state index in [0.717, 1.165) is 13.0 Å². The number of nitrogens with one attached hydrogen (secondary N) is 2. The van der Waals surface area contributed by atoms with Crippen LogP contribution in [0.15, 0.2) is 29.3 Å². The summed E-state index contributed by atoms with van der Waals surface area (Å²) in [4.78, 5) is 16.0. The lowest BCUT2D eigenvalue weighted by molar-refractivity contribution is -0.125. The Labute approximate surface area is 175 Å². The third-order valence-electron chi connectivity index (χ3n) is 4.12. The fraction of sp³-hybridized carbons (Fsp3) is 0.600. The molecule has 0 saturated carbocycles. The van der Waals surface area contributed by atoms with Crippen LogP contribution in [-0.4, -0.2) is 25.0 Å². The van der Waals surface area contributed by atoms with Crippen molar-refractivity contribution in [2.45, 2.75) is 54.0 Å². The lowest BCUT2D eigenvalue weighted by Gasteiger charge is -2.21. The molecule has 0 aliphatic carbocycles. The van der Waals surface area contributed by atoms with Crippen LogP contribution in [0.1, 0.15) is 58.7 Å². The Morgan fingerprint density at radius 1 is 1.19 bits per heavy atom. The van der Waals surface area contributed by atoms with Gasteiger partial charge in [-0.1, -0.05) is 38.1 Å². The van der Waals surface area contributed by atoms with Crippen molar-refractivity contribution in [3.05, 3.63) is 35.4 Å². The predicted octanol–water partition coefficient (Wildman–Crippen LogP) is 3.63. The highest BCUT2D eigenvalue weighted by Crippen LogP contribution is 2.16. The summed E-state index contributed by atoms with van der Waals surface area (Å²) in [5.41, 5.74) is 7.32. The highest BCUT2D eigenvalue weighted by atomic mass is 127. The van der Waals surface area contributed by atoms with Gasteiger partial charge in [0.2, 0.25) is 5.91 Å². The van der Waals surface area contributed by atoms with E-state index in [4.69, 9.17) is 5.73 Å². The molecule has 1 aromatic rings. The number of halogens is 1. The van der Waals surface area contributed by atoms with Gasteiger partial charge in [-0.05, 0) is 51.2 Å². The maximum atomic E-state index is 11.5. The van der Waals surface area contributed by atoms with Gasteiger partial charge >= 0.3 is 0 Å². The van der Waals surface area contributed by atoms with Gasteiger partial charge in [-0.25, -0.2) is 0 Å². The lowest BCUT2D eigenvalue weighted by Crippen LogP contribution is -2.41. The van der Waals surface area contributed by atoms with E-state index in [0.29, 0.717) is 18.4 Å². The summed E-state index contributed by atoms with van der Waals surface area (Å²) in [6, 6.07) is 8.81. The molecule has 0 aliphatic heterocycles. The van der Waals surface area contributed by atoms with Crippen molar-refractivity contribution in [3.63, 3.8) is 0 Å². The number of carbonyl (C=O) groups excluding carboxylic acids is 1. The van der Waals surface area contributed by atoms with Gasteiger partial charge in [0.25, 0.3) is 0 Å². The van der Waals surface area contributed by atoms with Crippen LogP contribution in [-0.2, 0) is 11.2 Å². The van der Waals surface area contributed by atoms with E-state index in [1.54, 1.807) is 13.8 Å². The SMILES string of the molecule is CCNC(=NCC(C)(C)C(N)=O)NC(C)c1ccc(CC(C)C)cc1.I. The average Bonchev–Trinajstić information content (AvgIpc) is 2.52. The van der Waals surface area contributed by atoms with E-state index in [2.05, 4.69) is 60.7 Å². The van der Waals surface area contributed by atoms with Crippen LogP contribution in [0.25, 0.3) is 0 Å². The van der Waals surface area contributed by atoms with E-state index >= 15 is 0 Å². The first-order chi connectivity index (χ1) is 11.7. The molecule has 0 aromatic heterocycles. The predicted molar refractivity (Wildman–Crippen MR) is 121 cm³/mol. The molecule has 1 aromatic carbocycles. The fourth-order valence-corrected chi connectivity index (χ4v) is 2.38. The largest absolute Gasteiger partial charge is 0.369 e. The summed E-state index contributed by atoms with van der Waals surface area (Å²) in [6.45, 7) is 13.3. The van der Waals surface area contributed by atoms with Crippen molar-refractivity contribution in [3.8, 4) is 0 Å². The first-order valence-electron chi connectivity index (χ1n) is 9.09. The number of nitrogens with zero attached hydrogens (tertiary/aromatic N) is 1. The van der Waals surface area contributed by atoms with Gasteiger partial charge < -0.3 is 16.4 Å². The number of benzene rings is 1. The van der Waals surface area contributed by atoms with Gasteiger partial charge in [-0.3, -0.25) is 9.79 Å². The molecular formula is C20H35IN4O. The van der Waals surface area contributed by atoms with Gasteiger partial charge in [0.1, 0.15) is 0 Å². The highest BCUT2D eigenvalue weighted by Gasteiger charge is 2.24. The van der Waals surface area contributed by atoms with Crippen LogP contribution in [0.4, 0.5) is 0 Å². The Morgan fingerprint density at radius 3 is 2.23 bits per heavy atom. The Bertz CT molecular complexity index is 582. The topological polar surface area (TPSA) is 79.5 Å². The number of nitrogens with two attached hydrogens (primary N) is 1. The molecule has 1 atom stereocenters. The van der Waals surface area contributed by atoms with E-state index < -0.39 is 5.41 Å². The number of aliphatic imine (C=N–C) groups is 1. The Balaban J connectivity index is 0.00000625. The maximum Gasteiger partial charge on any atom is 0.224 e. The zero-order valence-corrected chi connectivity index (χ0v) is 19.3. The third-order valence-corrected chi connectivity index (χ3v) is 4.12. The van der Waals surface area contributed by atoms with Crippen LogP contribution >= 0.6 is 24.0 Å². The molecule has 1 rings (SSSR count). The molecule has 0 bridgehead atoms. The second-order valence-corrected chi connectivity index (χ2v) is 7.65. The molecule has 0 fully saturated rings. The molecule has 1 amide bonds. The number of guanidine groups is 1. The molecule has 4 N–H and O–H groups in total. The smallest absolute Gasteiger partial charge is 0.224 e. The number of hydrogen-bond donors (Lipinski definition) is 3. The van der Waals surface area contributed by atoms with Crippen LogP contribution < -0.4 is 16.4 Å². The summed E-state index contributed by atoms with van der Waals surface area (Å²) in [5, 5.41) is 6.61. The molecule has 6 heteroatoms. The monoisotopic (exact) mass is 474 g/mol. The highest BCUT2D eigenvalue weighted by molar-refractivity contribution is 14.0. The van der Waals surface area contributed by atoms with Crippen LogP contribution in [0.2, 0.25) is 0 Å². The molecule has 0 spiro atoms. The lowest BCUT2D eigenvalue weighted by atomic mass is 9.93. The van der Waals surface area contributed by atoms with Gasteiger partial charge in [0.05, 0.1) is 18.0 Å².